The summed E-state index contributed by atoms with van der Waals surface area (Å²) in [6.45, 7) is 2.17. The lowest BCUT2D eigenvalue weighted by atomic mass is 9.86. The Hall–Kier alpha value is -1.64. The molecular weight excluding hydrogens is 246 g/mol. The van der Waals surface area contributed by atoms with Crippen LogP contribution in [0.3, 0.4) is 0 Å². The van der Waals surface area contributed by atoms with Crippen molar-refractivity contribution in [3.8, 4) is 0 Å². The number of rotatable bonds is 3. The molecule has 2 nitrogen and oxygen atoms in total. The smallest absolute Gasteiger partial charge is 0.117 e. The fraction of sp³-hybridized carbons (Fsp3) is 0.333. The third kappa shape index (κ3) is 2.05. The topological polar surface area (TPSA) is 46.2 Å². The molecule has 0 amide bonds. The summed E-state index contributed by atoms with van der Waals surface area (Å²) in [7, 11) is 0. The highest BCUT2D eigenvalue weighted by Gasteiger charge is 2.42. The molecule has 3 rings (SSSR count). The maximum Gasteiger partial charge on any atom is 0.117 e. The van der Waals surface area contributed by atoms with Gasteiger partial charge in [0.15, 0.2) is 0 Å². The summed E-state index contributed by atoms with van der Waals surface area (Å²) < 4.78 is 0. The van der Waals surface area contributed by atoms with Gasteiger partial charge >= 0.3 is 0 Å². The fourth-order valence-corrected chi connectivity index (χ4v) is 3.28. The van der Waals surface area contributed by atoms with E-state index in [0.717, 1.165) is 29.5 Å². The molecule has 0 aliphatic heterocycles. The van der Waals surface area contributed by atoms with Crippen molar-refractivity contribution in [2.75, 3.05) is 0 Å². The molecular formula is C18H21NO. The predicted octanol–water partition coefficient (Wildman–Crippen LogP) is 3.28. The Bertz CT molecular complexity index is 622. The Morgan fingerprint density at radius 2 is 2.00 bits per heavy atom. The van der Waals surface area contributed by atoms with Crippen LogP contribution in [0.4, 0.5) is 0 Å². The van der Waals surface area contributed by atoms with Gasteiger partial charge in [-0.05, 0) is 28.7 Å². The Labute approximate surface area is 120 Å². The van der Waals surface area contributed by atoms with Crippen molar-refractivity contribution in [2.45, 2.75) is 37.8 Å². The molecule has 2 unspecified atom stereocenters. The summed E-state index contributed by atoms with van der Waals surface area (Å²) in [5.74, 6) is 0. The first-order valence-electron chi connectivity index (χ1n) is 7.32. The Morgan fingerprint density at radius 3 is 2.80 bits per heavy atom. The summed E-state index contributed by atoms with van der Waals surface area (Å²) in [6.07, 6.45) is 2.71. The van der Waals surface area contributed by atoms with Crippen molar-refractivity contribution >= 4 is 0 Å². The van der Waals surface area contributed by atoms with Gasteiger partial charge in [0.25, 0.3) is 0 Å². The van der Waals surface area contributed by atoms with Crippen LogP contribution in [-0.2, 0) is 12.0 Å². The van der Waals surface area contributed by atoms with Crippen molar-refractivity contribution < 1.29 is 5.11 Å². The van der Waals surface area contributed by atoms with Crippen molar-refractivity contribution in [1.82, 2.24) is 0 Å². The molecule has 0 bridgehead atoms. The summed E-state index contributed by atoms with van der Waals surface area (Å²) in [4.78, 5) is 0. The second-order valence-electron chi connectivity index (χ2n) is 5.71. The van der Waals surface area contributed by atoms with Crippen LogP contribution in [0.25, 0.3) is 0 Å². The molecule has 0 heterocycles. The summed E-state index contributed by atoms with van der Waals surface area (Å²) in [5, 5.41) is 11.2. The summed E-state index contributed by atoms with van der Waals surface area (Å²) in [6, 6.07) is 16.2. The molecule has 1 aliphatic rings. The van der Waals surface area contributed by atoms with Gasteiger partial charge in [-0.15, -0.1) is 0 Å². The molecule has 3 N–H and O–H groups in total. The van der Waals surface area contributed by atoms with Gasteiger partial charge in [0.2, 0.25) is 0 Å². The van der Waals surface area contributed by atoms with E-state index in [0.29, 0.717) is 6.42 Å². The maximum atomic E-state index is 11.2. The van der Waals surface area contributed by atoms with Crippen LogP contribution in [0.15, 0.2) is 48.5 Å². The van der Waals surface area contributed by atoms with Gasteiger partial charge < -0.3 is 10.8 Å². The van der Waals surface area contributed by atoms with Crippen LogP contribution < -0.4 is 5.73 Å². The summed E-state index contributed by atoms with van der Waals surface area (Å²) in [5.41, 5.74) is 9.51. The van der Waals surface area contributed by atoms with E-state index in [1.54, 1.807) is 0 Å². The molecule has 0 spiro atoms. The number of benzene rings is 2. The van der Waals surface area contributed by atoms with Crippen molar-refractivity contribution in [3.05, 3.63) is 70.8 Å². The molecule has 0 saturated heterocycles. The molecule has 2 heteroatoms. The second kappa shape index (κ2) is 5.04. The number of fused-ring (bicyclic) bond motifs is 1. The van der Waals surface area contributed by atoms with E-state index >= 15 is 0 Å². The monoisotopic (exact) mass is 267 g/mol. The zero-order valence-electron chi connectivity index (χ0n) is 11.8. The van der Waals surface area contributed by atoms with Crippen molar-refractivity contribution in [3.63, 3.8) is 0 Å². The Kier molecular flexibility index (Phi) is 3.36. The van der Waals surface area contributed by atoms with E-state index < -0.39 is 5.60 Å². The van der Waals surface area contributed by atoms with Crippen LogP contribution in [0.2, 0.25) is 0 Å². The van der Waals surface area contributed by atoms with E-state index in [-0.39, 0.29) is 6.04 Å². The van der Waals surface area contributed by atoms with E-state index in [9.17, 15) is 5.11 Å². The third-order valence-electron chi connectivity index (χ3n) is 4.26. The highest BCUT2D eigenvalue weighted by atomic mass is 16.3. The van der Waals surface area contributed by atoms with Gasteiger partial charge in [0.05, 0.1) is 0 Å². The first kappa shape index (κ1) is 13.3. The normalized spacial score (nSPS) is 24.6. The highest BCUT2D eigenvalue weighted by Crippen LogP contribution is 2.46. The van der Waals surface area contributed by atoms with Crippen LogP contribution >= 0.6 is 0 Å². The molecule has 0 radical (unpaired) electrons. The van der Waals surface area contributed by atoms with Crippen LogP contribution in [-0.4, -0.2) is 5.11 Å². The average molecular weight is 267 g/mol. The molecule has 1 aliphatic carbocycles. The molecule has 104 valence electrons. The largest absolute Gasteiger partial charge is 0.380 e. The van der Waals surface area contributed by atoms with Crippen molar-refractivity contribution in [1.29, 1.82) is 0 Å². The van der Waals surface area contributed by atoms with Gasteiger partial charge in [0.1, 0.15) is 5.60 Å². The lowest BCUT2D eigenvalue weighted by Gasteiger charge is -2.25. The molecule has 2 aromatic carbocycles. The van der Waals surface area contributed by atoms with E-state index in [1.165, 1.54) is 5.56 Å². The average Bonchev–Trinajstić information content (AvgIpc) is 2.73. The molecule has 2 atom stereocenters. The fourth-order valence-electron chi connectivity index (χ4n) is 3.28. The van der Waals surface area contributed by atoms with Gasteiger partial charge in [-0.2, -0.15) is 0 Å². The van der Waals surface area contributed by atoms with E-state index in [1.807, 2.05) is 36.4 Å². The zero-order valence-corrected chi connectivity index (χ0v) is 11.8. The molecule has 20 heavy (non-hydrogen) atoms. The lowest BCUT2D eigenvalue weighted by Crippen LogP contribution is -2.25. The van der Waals surface area contributed by atoms with Gasteiger partial charge in [0, 0.05) is 12.5 Å². The zero-order chi connectivity index (χ0) is 14.2. The minimum absolute atomic E-state index is 0.0916. The van der Waals surface area contributed by atoms with E-state index in [4.69, 9.17) is 5.73 Å². The molecule has 2 aromatic rings. The van der Waals surface area contributed by atoms with Gasteiger partial charge in [-0.25, -0.2) is 0 Å². The van der Waals surface area contributed by atoms with Crippen LogP contribution in [0, 0.1) is 0 Å². The van der Waals surface area contributed by atoms with Gasteiger partial charge in [-0.1, -0.05) is 61.9 Å². The second-order valence-corrected chi connectivity index (χ2v) is 5.71. The number of hydrogen-bond donors (Lipinski definition) is 2. The third-order valence-corrected chi connectivity index (χ3v) is 4.26. The first-order chi connectivity index (χ1) is 9.65. The lowest BCUT2D eigenvalue weighted by molar-refractivity contribution is 0.0775. The first-order valence-corrected chi connectivity index (χ1v) is 7.32. The summed E-state index contributed by atoms with van der Waals surface area (Å²) >= 11 is 0. The minimum Gasteiger partial charge on any atom is -0.380 e. The Morgan fingerprint density at radius 1 is 1.20 bits per heavy atom. The van der Waals surface area contributed by atoms with Crippen molar-refractivity contribution in [2.24, 2.45) is 5.73 Å². The number of aliphatic hydroxyl groups is 1. The van der Waals surface area contributed by atoms with Crippen LogP contribution in [0.5, 0.6) is 0 Å². The molecule has 0 aromatic heterocycles. The van der Waals surface area contributed by atoms with E-state index in [2.05, 4.69) is 19.1 Å². The molecule has 0 saturated carbocycles. The number of aryl methyl sites for hydroxylation is 1. The quantitative estimate of drug-likeness (QED) is 0.896. The van der Waals surface area contributed by atoms with Gasteiger partial charge in [-0.3, -0.25) is 0 Å². The Balaban J connectivity index is 2.08. The predicted molar refractivity (Wildman–Crippen MR) is 81.4 cm³/mol. The standard InChI is InChI=1S/C18H21NO/c1-2-6-13-7-5-8-14(11-13)18(20)12-17(19)15-9-3-4-10-16(15)18/h3-5,7-11,17,20H,2,6,12,19H2,1H3. The minimum atomic E-state index is -0.945. The SMILES string of the molecule is CCCc1cccc(C2(O)CC(N)c3ccccc32)c1. The highest BCUT2D eigenvalue weighted by molar-refractivity contribution is 5.47. The number of nitrogens with two attached hydrogens (primary N) is 1. The molecule has 0 fully saturated rings. The number of hydrogen-bond acceptors (Lipinski definition) is 2. The maximum absolute atomic E-state index is 11.2. The van der Waals surface area contributed by atoms with Crippen LogP contribution in [0.1, 0.15) is 48.1 Å².